The van der Waals surface area contributed by atoms with E-state index in [2.05, 4.69) is 0 Å². The molecule has 1 aromatic rings. The van der Waals surface area contributed by atoms with Crippen LogP contribution < -0.4 is 10.5 Å². The first kappa shape index (κ1) is 15.0. The minimum atomic E-state index is -0.114. The van der Waals surface area contributed by atoms with Gasteiger partial charge in [0.1, 0.15) is 5.75 Å². The van der Waals surface area contributed by atoms with Gasteiger partial charge in [-0.15, -0.1) is 0 Å². The SMILES string of the molecule is COCCCOC(c1cccc(OC)c1)C(C)N. The Bertz CT molecular complexity index is 342. The van der Waals surface area contributed by atoms with Crippen molar-refractivity contribution < 1.29 is 14.2 Å². The number of benzene rings is 1. The van der Waals surface area contributed by atoms with E-state index in [0.29, 0.717) is 13.2 Å². The van der Waals surface area contributed by atoms with E-state index in [-0.39, 0.29) is 12.1 Å². The summed E-state index contributed by atoms with van der Waals surface area (Å²) in [6.45, 7) is 3.28. The van der Waals surface area contributed by atoms with Gasteiger partial charge in [-0.3, -0.25) is 0 Å². The standard InChI is InChI=1S/C14H23NO3/c1-11(15)14(18-9-5-8-16-2)12-6-4-7-13(10-12)17-3/h4,6-7,10-11,14H,5,8-9,15H2,1-3H3. The van der Waals surface area contributed by atoms with Crippen LogP contribution in [0.1, 0.15) is 25.0 Å². The quantitative estimate of drug-likeness (QED) is 0.721. The lowest BCUT2D eigenvalue weighted by molar-refractivity contribution is 0.0263. The Kier molecular flexibility index (Phi) is 6.72. The van der Waals surface area contributed by atoms with Gasteiger partial charge in [0.15, 0.2) is 0 Å². The third-order valence-corrected chi connectivity index (χ3v) is 2.69. The highest BCUT2D eigenvalue weighted by molar-refractivity contribution is 5.30. The van der Waals surface area contributed by atoms with Crippen molar-refractivity contribution in [1.29, 1.82) is 0 Å². The Balaban J connectivity index is 2.65. The maximum absolute atomic E-state index is 5.98. The highest BCUT2D eigenvalue weighted by Gasteiger charge is 2.17. The lowest BCUT2D eigenvalue weighted by Gasteiger charge is -2.22. The topological polar surface area (TPSA) is 53.7 Å². The summed E-state index contributed by atoms with van der Waals surface area (Å²) in [5, 5.41) is 0. The van der Waals surface area contributed by atoms with Gasteiger partial charge >= 0.3 is 0 Å². The minimum Gasteiger partial charge on any atom is -0.497 e. The van der Waals surface area contributed by atoms with Gasteiger partial charge < -0.3 is 19.9 Å². The van der Waals surface area contributed by atoms with Crippen LogP contribution in [-0.2, 0) is 9.47 Å². The maximum atomic E-state index is 5.98. The van der Waals surface area contributed by atoms with Crippen molar-refractivity contribution in [3.05, 3.63) is 29.8 Å². The molecule has 0 aromatic heterocycles. The van der Waals surface area contributed by atoms with Crippen molar-refractivity contribution in [2.24, 2.45) is 5.73 Å². The summed E-state index contributed by atoms with van der Waals surface area (Å²) in [5.74, 6) is 0.818. The lowest BCUT2D eigenvalue weighted by Crippen LogP contribution is -2.27. The second-order valence-electron chi connectivity index (χ2n) is 4.27. The molecule has 0 fully saturated rings. The molecule has 0 radical (unpaired) electrons. The third-order valence-electron chi connectivity index (χ3n) is 2.69. The van der Waals surface area contributed by atoms with Gasteiger partial charge in [-0.25, -0.2) is 0 Å². The van der Waals surface area contributed by atoms with Crippen LogP contribution in [0, 0.1) is 0 Å². The molecule has 4 heteroatoms. The third kappa shape index (κ3) is 4.64. The van der Waals surface area contributed by atoms with E-state index in [4.69, 9.17) is 19.9 Å². The van der Waals surface area contributed by atoms with Crippen molar-refractivity contribution >= 4 is 0 Å². The van der Waals surface area contributed by atoms with E-state index < -0.39 is 0 Å². The number of hydrogen-bond acceptors (Lipinski definition) is 4. The molecule has 4 nitrogen and oxygen atoms in total. The molecule has 0 saturated carbocycles. The average Bonchev–Trinajstić information content (AvgIpc) is 2.38. The van der Waals surface area contributed by atoms with Gasteiger partial charge in [0.05, 0.1) is 13.2 Å². The van der Waals surface area contributed by atoms with Crippen LogP contribution in [0.2, 0.25) is 0 Å². The van der Waals surface area contributed by atoms with Crippen molar-refractivity contribution in [2.75, 3.05) is 27.4 Å². The molecule has 0 aliphatic carbocycles. The maximum Gasteiger partial charge on any atom is 0.119 e. The molecule has 0 saturated heterocycles. The fourth-order valence-corrected chi connectivity index (χ4v) is 1.78. The normalized spacial score (nSPS) is 14.2. The molecule has 1 aromatic carbocycles. The summed E-state index contributed by atoms with van der Waals surface area (Å²) < 4.78 is 16.0. The first-order valence-corrected chi connectivity index (χ1v) is 6.19. The summed E-state index contributed by atoms with van der Waals surface area (Å²) in [4.78, 5) is 0. The van der Waals surface area contributed by atoms with E-state index >= 15 is 0 Å². The van der Waals surface area contributed by atoms with Crippen LogP contribution in [0.25, 0.3) is 0 Å². The van der Waals surface area contributed by atoms with Gasteiger partial charge in [-0.2, -0.15) is 0 Å². The smallest absolute Gasteiger partial charge is 0.119 e. The fraction of sp³-hybridized carbons (Fsp3) is 0.571. The summed E-state index contributed by atoms with van der Waals surface area (Å²) in [5.41, 5.74) is 7.02. The Morgan fingerprint density at radius 1 is 1.22 bits per heavy atom. The predicted octanol–water partition coefficient (Wildman–Crippen LogP) is 2.14. The molecule has 2 atom stereocenters. The molecule has 0 aliphatic rings. The van der Waals surface area contributed by atoms with Crippen molar-refractivity contribution in [2.45, 2.75) is 25.5 Å². The Morgan fingerprint density at radius 2 is 2.00 bits per heavy atom. The van der Waals surface area contributed by atoms with E-state index in [9.17, 15) is 0 Å². The summed E-state index contributed by atoms with van der Waals surface area (Å²) in [6, 6.07) is 7.76. The van der Waals surface area contributed by atoms with Crippen LogP contribution in [0.5, 0.6) is 5.75 Å². The first-order valence-electron chi connectivity index (χ1n) is 6.19. The lowest BCUT2D eigenvalue weighted by atomic mass is 10.0. The molecule has 0 heterocycles. The van der Waals surface area contributed by atoms with Gasteiger partial charge in [0.25, 0.3) is 0 Å². The second kappa shape index (κ2) is 8.08. The summed E-state index contributed by atoms with van der Waals surface area (Å²) in [6.07, 6.45) is 0.751. The molecule has 0 amide bonds. The van der Waals surface area contributed by atoms with E-state index in [1.54, 1.807) is 14.2 Å². The summed E-state index contributed by atoms with van der Waals surface area (Å²) >= 11 is 0. The number of hydrogen-bond donors (Lipinski definition) is 1. The molecule has 0 bridgehead atoms. The average molecular weight is 253 g/mol. The molecular formula is C14H23NO3. The number of rotatable bonds is 8. The van der Waals surface area contributed by atoms with E-state index in [1.807, 2.05) is 31.2 Å². The highest BCUT2D eigenvalue weighted by Crippen LogP contribution is 2.24. The van der Waals surface area contributed by atoms with Crippen molar-refractivity contribution in [3.63, 3.8) is 0 Å². The van der Waals surface area contributed by atoms with Crippen LogP contribution in [0.3, 0.4) is 0 Å². The summed E-state index contributed by atoms with van der Waals surface area (Å²) in [7, 11) is 3.34. The van der Waals surface area contributed by atoms with Crippen molar-refractivity contribution in [3.8, 4) is 5.75 Å². The van der Waals surface area contributed by atoms with Crippen molar-refractivity contribution in [1.82, 2.24) is 0 Å². The Hall–Kier alpha value is -1.10. The monoisotopic (exact) mass is 253 g/mol. The van der Waals surface area contributed by atoms with Gasteiger partial charge in [-0.05, 0) is 31.0 Å². The zero-order valence-corrected chi connectivity index (χ0v) is 11.4. The van der Waals surface area contributed by atoms with E-state index in [0.717, 1.165) is 17.7 Å². The number of methoxy groups -OCH3 is 2. The highest BCUT2D eigenvalue weighted by atomic mass is 16.5. The molecule has 18 heavy (non-hydrogen) atoms. The number of ether oxygens (including phenoxy) is 3. The van der Waals surface area contributed by atoms with E-state index in [1.165, 1.54) is 0 Å². The molecule has 0 aliphatic heterocycles. The van der Waals surface area contributed by atoms with Crippen LogP contribution in [0.15, 0.2) is 24.3 Å². The predicted molar refractivity (Wildman–Crippen MR) is 71.8 cm³/mol. The zero-order chi connectivity index (χ0) is 13.4. The Labute approximate surface area is 109 Å². The van der Waals surface area contributed by atoms with Crippen LogP contribution >= 0.6 is 0 Å². The molecular weight excluding hydrogens is 230 g/mol. The minimum absolute atomic E-state index is 0.0698. The van der Waals surface area contributed by atoms with Gasteiger partial charge in [0.2, 0.25) is 0 Å². The fourth-order valence-electron chi connectivity index (χ4n) is 1.78. The molecule has 1 rings (SSSR count). The van der Waals surface area contributed by atoms with Crippen LogP contribution in [-0.4, -0.2) is 33.5 Å². The second-order valence-corrected chi connectivity index (χ2v) is 4.27. The largest absolute Gasteiger partial charge is 0.497 e. The molecule has 102 valence electrons. The number of nitrogens with two attached hydrogens (primary N) is 1. The zero-order valence-electron chi connectivity index (χ0n) is 11.4. The van der Waals surface area contributed by atoms with Crippen LogP contribution in [0.4, 0.5) is 0 Å². The first-order chi connectivity index (χ1) is 8.69. The molecule has 0 spiro atoms. The van der Waals surface area contributed by atoms with Gasteiger partial charge in [-0.1, -0.05) is 12.1 Å². The molecule has 2 unspecified atom stereocenters. The van der Waals surface area contributed by atoms with Gasteiger partial charge in [0, 0.05) is 26.4 Å². The molecule has 2 N–H and O–H groups in total. The Morgan fingerprint density at radius 3 is 2.61 bits per heavy atom.